The van der Waals surface area contributed by atoms with E-state index in [1.54, 1.807) is 30.3 Å². The number of carbonyl (C=O) groups is 2. The van der Waals surface area contributed by atoms with Crippen LogP contribution in [0.1, 0.15) is 16.7 Å². The highest BCUT2D eigenvalue weighted by atomic mass is 35.5. The number of methoxy groups -OCH3 is 1. The topological polar surface area (TPSA) is 90.7 Å². The molecule has 0 radical (unpaired) electrons. The van der Waals surface area contributed by atoms with Gasteiger partial charge in [0, 0.05) is 16.8 Å². The number of benzene rings is 3. The molecule has 8 heteroatoms. The summed E-state index contributed by atoms with van der Waals surface area (Å²) in [5, 5.41) is 3.27. The molecule has 1 aliphatic rings. The van der Waals surface area contributed by atoms with Crippen LogP contribution in [0.15, 0.2) is 66.7 Å². The monoisotopic (exact) mass is 484 g/mol. The summed E-state index contributed by atoms with van der Waals surface area (Å²) in [6, 6.07) is 19.4. The number of anilines is 1. The number of para-hydroxylation sites is 1. The summed E-state index contributed by atoms with van der Waals surface area (Å²) >= 11 is 6.43. The van der Waals surface area contributed by atoms with Crippen LogP contribution in [0.4, 0.5) is 5.69 Å². The third kappa shape index (κ3) is 5.54. The molecule has 1 aliphatic heterocycles. The zero-order valence-corrected chi connectivity index (χ0v) is 19.3. The molecular formula is C25H22Cl2N2O4. The Morgan fingerprint density at radius 1 is 1.12 bits per heavy atom. The second-order valence-corrected chi connectivity index (χ2v) is 7.73. The second-order valence-electron chi connectivity index (χ2n) is 7.33. The number of carbonyl (C=O) groups excluding carboxylic acids is 2. The lowest BCUT2D eigenvalue weighted by Gasteiger charge is -2.11. The van der Waals surface area contributed by atoms with Gasteiger partial charge >= 0.3 is 5.97 Å². The van der Waals surface area contributed by atoms with Gasteiger partial charge in [0.05, 0.1) is 12.1 Å². The van der Waals surface area contributed by atoms with E-state index in [1.807, 2.05) is 42.5 Å². The van der Waals surface area contributed by atoms with Crippen LogP contribution in [0.25, 0.3) is 11.6 Å². The summed E-state index contributed by atoms with van der Waals surface area (Å²) in [4.78, 5) is 23.8. The molecule has 3 aromatic rings. The summed E-state index contributed by atoms with van der Waals surface area (Å²) in [7, 11) is 1.31. The largest absolute Gasteiger partial charge is 0.468 e. The van der Waals surface area contributed by atoms with Crippen LogP contribution in [0.5, 0.6) is 11.5 Å². The molecule has 4 rings (SSSR count). The van der Waals surface area contributed by atoms with Crippen molar-refractivity contribution in [3.05, 3.63) is 88.4 Å². The molecule has 0 spiro atoms. The Labute approximate surface area is 202 Å². The van der Waals surface area contributed by atoms with Gasteiger partial charge in [0.25, 0.3) is 5.91 Å². The molecule has 0 saturated heterocycles. The number of hydrogen-bond acceptors (Lipinski definition) is 5. The maximum absolute atomic E-state index is 12.3. The van der Waals surface area contributed by atoms with Gasteiger partial charge in [0.2, 0.25) is 0 Å². The number of esters is 1. The first-order valence-electron chi connectivity index (χ1n) is 9.97. The van der Waals surface area contributed by atoms with Crippen molar-refractivity contribution >= 4 is 53.2 Å². The standard InChI is InChI=1S/C25H21ClN2O4.ClH/c1-31-25(30)21(27)14-15-6-9-17(10-7-15)32-23-11-8-16(13-20(23)26)12-19-18-4-2-3-5-22(18)28-24(19)29;/h2-13,21H,14,27H2,1H3,(H,28,29);1H. The van der Waals surface area contributed by atoms with E-state index in [2.05, 4.69) is 10.1 Å². The van der Waals surface area contributed by atoms with Crippen LogP contribution in [0.3, 0.4) is 0 Å². The Bertz CT molecular complexity index is 1210. The molecule has 1 atom stereocenters. The first-order valence-corrected chi connectivity index (χ1v) is 10.3. The van der Waals surface area contributed by atoms with Crippen LogP contribution >= 0.6 is 24.0 Å². The van der Waals surface area contributed by atoms with Crippen molar-refractivity contribution in [2.75, 3.05) is 12.4 Å². The van der Waals surface area contributed by atoms with Crippen molar-refractivity contribution in [2.24, 2.45) is 5.73 Å². The van der Waals surface area contributed by atoms with Crippen molar-refractivity contribution in [3.8, 4) is 11.5 Å². The van der Waals surface area contributed by atoms with Gasteiger partial charge in [-0.25, -0.2) is 0 Å². The van der Waals surface area contributed by atoms with Gasteiger partial charge in [0.1, 0.15) is 17.5 Å². The molecule has 6 nitrogen and oxygen atoms in total. The lowest BCUT2D eigenvalue weighted by atomic mass is 10.0. The lowest BCUT2D eigenvalue weighted by Crippen LogP contribution is -2.33. The highest BCUT2D eigenvalue weighted by molar-refractivity contribution is 6.35. The molecule has 0 saturated carbocycles. The van der Waals surface area contributed by atoms with Crippen LogP contribution in [-0.2, 0) is 20.7 Å². The molecule has 33 heavy (non-hydrogen) atoms. The highest BCUT2D eigenvalue weighted by Crippen LogP contribution is 2.35. The van der Waals surface area contributed by atoms with Crippen LogP contribution in [-0.4, -0.2) is 25.0 Å². The Morgan fingerprint density at radius 3 is 2.55 bits per heavy atom. The lowest BCUT2D eigenvalue weighted by molar-refractivity contribution is -0.142. The quantitative estimate of drug-likeness (QED) is 0.375. The smallest absolute Gasteiger partial charge is 0.322 e. The average Bonchev–Trinajstić information content (AvgIpc) is 3.11. The minimum Gasteiger partial charge on any atom is -0.468 e. The molecule has 0 bridgehead atoms. The number of amides is 1. The number of hydrogen-bond donors (Lipinski definition) is 2. The predicted octanol–water partition coefficient (Wildman–Crippen LogP) is 5.09. The number of nitrogens with two attached hydrogens (primary N) is 1. The van der Waals surface area contributed by atoms with E-state index >= 15 is 0 Å². The molecule has 0 fully saturated rings. The first-order chi connectivity index (χ1) is 15.4. The minimum absolute atomic E-state index is 0. The zero-order valence-electron chi connectivity index (χ0n) is 17.7. The van der Waals surface area contributed by atoms with E-state index < -0.39 is 12.0 Å². The molecule has 1 unspecified atom stereocenters. The van der Waals surface area contributed by atoms with E-state index in [0.29, 0.717) is 28.5 Å². The fourth-order valence-corrected chi connectivity index (χ4v) is 3.68. The second kappa shape index (κ2) is 10.5. The van der Waals surface area contributed by atoms with Crippen LogP contribution in [0, 0.1) is 0 Å². The van der Waals surface area contributed by atoms with Gasteiger partial charge in [-0.05, 0) is 54.0 Å². The Balaban J connectivity index is 0.00000306. The van der Waals surface area contributed by atoms with Gasteiger partial charge < -0.3 is 20.5 Å². The van der Waals surface area contributed by atoms with Crippen molar-refractivity contribution < 1.29 is 19.1 Å². The normalized spacial score (nSPS) is 14.2. The Hall–Kier alpha value is -3.32. The SMILES string of the molecule is COC(=O)C(N)Cc1ccc(Oc2ccc(C=C3C(=O)Nc4ccccc43)cc2Cl)cc1.Cl. The van der Waals surface area contributed by atoms with Crippen LogP contribution in [0.2, 0.25) is 5.02 Å². The van der Waals surface area contributed by atoms with Gasteiger partial charge in [-0.2, -0.15) is 0 Å². The number of fused-ring (bicyclic) bond motifs is 1. The Morgan fingerprint density at radius 2 is 1.85 bits per heavy atom. The van der Waals surface area contributed by atoms with E-state index in [-0.39, 0.29) is 18.3 Å². The molecule has 1 heterocycles. The summed E-state index contributed by atoms with van der Waals surface area (Å²) in [5.74, 6) is 0.488. The summed E-state index contributed by atoms with van der Waals surface area (Å²) in [6.45, 7) is 0. The molecular weight excluding hydrogens is 463 g/mol. The average molecular weight is 485 g/mol. The number of halogens is 2. The van der Waals surface area contributed by atoms with Gasteiger partial charge in [-0.15, -0.1) is 12.4 Å². The van der Waals surface area contributed by atoms with Crippen molar-refractivity contribution in [1.82, 2.24) is 0 Å². The molecule has 0 aromatic heterocycles. The fourth-order valence-electron chi connectivity index (χ4n) is 3.45. The van der Waals surface area contributed by atoms with Crippen LogP contribution < -0.4 is 15.8 Å². The van der Waals surface area contributed by atoms with Gasteiger partial charge in [-0.3, -0.25) is 9.59 Å². The van der Waals surface area contributed by atoms with E-state index in [9.17, 15) is 9.59 Å². The first kappa shape index (κ1) is 24.3. The molecule has 3 N–H and O–H groups in total. The number of ether oxygens (including phenoxy) is 2. The third-order valence-corrected chi connectivity index (χ3v) is 5.38. The molecule has 3 aromatic carbocycles. The van der Waals surface area contributed by atoms with E-state index in [0.717, 1.165) is 22.4 Å². The molecule has 170 valence electrons. The van der Waals surface area contributed by atoms with Crippen molar-refractivity contribution in [3.63, 3.8) is 0 Å². The number of nitrogens with one attached hydrogen (secondary N) is 1. The Kier molecular flexibility index (Phi) is 7.76. The van der Waals surface area contributed by atoms with E-state index in [4.69, 9.17) is 22.1 Å². The van der Waals surface area contributed by atoms with E-state index in [1.165, 1.54) is 7.11 Å². The summed E-state index contributed by atoms with van der Waals surface area (Å²) in [6.07, 6.45) is 2.17. The molecule has 0 aliphatic carbocycles. The summed E-state index contributed by atoms with van der Waals surface area (Å²) in [5.41, 5.74) is 9.72. The minimum atomic E-state index is -0.711. The predicted molar refractivity (Wildman–Crippen MR) is 132 cm³/mol. The van der Waals surface area contributed by atoms with Crippen molar-refractivity contribution in [2.45, 2.75) is 12.5 Å². The third-order valence-electron chi connectivity index (χ3n) is 5.09. The zero-order chi connectivity index (χ0) is 22.7. The van der Waals surface area contributed by atoms with Gasteiger partial charge in [0.15, 0.2) is 0 Å². The molecule has 1 amide bonds. The maximum atomic E-state index is 12.3. The fraction of sp³-hybridized carbons (Fsp3) is 0.120. The maximum Gasteiger partial charge on any atom is 0.322 e. The van der Waals surface area contributed by atoms with Crippen molar-refractivity contribution in [1.29, 1.82) is 0 Å². The highest BCUT2D eigenvalue weighted by Gasteiger charge is 2.23. The summed E-state index contributed by atoms with van der Waals surface area (Å²) < 4.78 is 10.5. The number of rotatable bonds is 6. The van der Waals surface area contributed by atoms with Gasteiger partial charge in [-0.1, -0.05) is 48.0 Å².